The maximum Gasteiger partial charge on any atom is 0.338 e. The number of nitrogens with zero attached hydrogens (tertiary/aromatic N) is 2. The molecule has 5 heteroatoms. The van der Waals surface area contributed by atoms with Crippen LogP contribution in [0, 0.1) is 4.91 Å². The van der Waals surface area contributed by atoms with Crippen LogP contribution in [-0.4, -0.2) is 17.1 Å². The second-order valence-electron chi connectivity index (χ2n) is 3.58. The van der Waals surface area contributed by atoms with E-state index in [2.05, 4.69) is 5.29 Å². The summed E-state index contributed by atoms with van der Waals surface area (Å²) >= 11 is 0. The molecule has 0 aliphatic heterocycles. The Hall–Kier alpha value is -1.91. The molecule has 1 saturated carbocycles. The van der Waals surface area contributed by atoms with Crippen molar-refractivity contribution in [3.63, 3.8) is 0 Å². The first-order valence-corrected chi connectivity index (χ1v) is 4.71. The van der Waals surface area contributed by atoms with Crippen LogP contribution >= 0.6 is 0 Å². The number of carbonyl (C=O) groups excluding carboxylic acids is 1. The number of nitroso groups, excluding NO2 is 1. The van der Waals surface area contributed by atoms with E-state index < -0.39 is 6.03 Å². The monoisotopic (exact) mass is 205 g/mol. The number of urea groups is 1. The fourth-order valence-electron chi connectivity index (χ4n) is 1.77. The lowest BCUT2D eigenvalue weighted by molar-refractivity contribution is 0.205. The second-order valence-corrected chi connectivity index (χ2v) is 3.58. The molecule has 2 atom stereocenters. The van der Waals surface area contributed by atoms with Gasteiger partial charge in [0.1, 0.15) is 0 Å². The molecule has 0 aromatic heterocycles. The number of amides is 2. The Bertz CT molecular complexity index is 380. The largest absolute Gasteiger partial charge is 0.350 e. The molecule has 2 N–H and O–H groups in total. The molecule has 0 unspecified atom stereocenters. The highest BCUT2D eigenvalue weighted by atomic mass is 16.3. The van der Waals surface area contributed by atoms with Crippen molar-refractivity contribution in [1.82, 2.24) is 5.01 Å². The summed E-state index contributed by atoms with van der Waals surface area (Å²) in [6.45, 7) is 0. The van der Waals surface area contributed by atoms with Crippen LogP contribution in [0.5, 0.6) is 0 Å². The van der Waals surface area contributed by atoms with Crippen molar-refractivity contribution >= 4 is 6.03 Å². The van der Waals surface area contributed by atoms with Gasteiger partial charge in [-0.3, -0.25) is 0 Å². The highest BCUT2D eigenvalue weighted by Crippen LogP contribution is 2.44. The highest BCUT2D eigenvalue weighted by Gasteiger charge is 2.45. The molecule has 2 amide bonds. The molecule has 0 bridgehead atoms. The molecule has 1 aromatic rings. The molecule has 15 heavy (non-hydrogen) atoms. The highest BCUT2D eigenvalue weighted by molar-refractivity contribution is 5.72. The van der Waals surface area contributed by atoms with Gasteiger partial charge in [-0.2, -0.15) is 5.01 Å². The average Bonchev–Trinajstić information content (AvgIpc) is 3.00. The molecular weight excluding hydrogens is 194 g/mol. The molecule has 0 heterocycles. The average molecular weight is 205 g/mol. The van der Waals surface area contributed by atoms with Crippen LogP contribution in [0.1, 0.15) is 17.9 Å². The minimum absolute atomic E-state index is 0.164. The van der Waals surface area contributed by atoms with Crippen molar-refractivity contribution in [2.75, 3.05) is 0 Å². The first-order valence-electron chi connectivity index (χ1n) is 4.71. The molecule has 0 radical (unpaired) electrons. The number of hydrogen-bond acceptors (Lipinski definition) is 3. The van der Waals surface area contributed by atoms with Gasteiger partial charge in [0.25, 0.3) is 0 Å². The second kappa shape index (κ2) is 3.68. The molecular formula is C10H11N3O2. The summed E-state index contributed by atoms with van der Waals surface area (Å²) in [6, 6.07) is 8.76. The first kappa shape index (κ1) is 9.64. The quantitative estimate of drug-likeness (QED) is 0.601. The van der Waals surface area contributed by atoms with Crippen LogP contribution < -0.4 is 5.73 Å². The zero-order valence-electron chi connectivity index (χ0n) is 8.04. The summed E-state index contributed by atoms with van der Waals surface area (Å²) in [4.78, 5) is 21.2. The third-order valence-corrected chi connectivity index (χ3v) is 2.61. The van der Waals surface area contributed by atoms with Crippen molar-refractivity contribution in [3.8, 4) is 0 Å². The van der Waals surface area contributed by atoms with E-state index in [1.54, 1.807) is 0 Å². The van der Waals surface area contributed by atoms with E-state index in [1.165, 1.54) is 0 Å². The molecule has 1 aliphatic rings. The van der Waals surface area contributed by atoms with Gasteiger partial charge in [-0.05, 0) is 12.0 Å². The topological polar surface area (TPSA) is 75.8 Å². The molecule has 1 aromatic carbocycles. The Balaban J connectivity index is 2.07. The van der Waals surface area contributed by atoms with E-state index in [4.69, 9.17) is 5.73 Å². The normalized spacial score (nSPS) is 23.2. The summed E-state index contributed by atoms with van der Waals surface area (Å²) in [5.41, 5.74) is 6.13. The SMILES string of the molecule is NC(=O)N(N=O)[C@H]1C[C@@H]1c1ccccc1. The van der Waals surface area contributed by atoms with E-state index in [1.807, 2.05) is 30.3 Å². The van der Waals surface area contributed by atoms with Gasteiger partial charge in [0.05, 0.1) is 11.3 Å². The van der Waals surface area contributed by atoms with E-state index in [0.29, 0.717) is 0 Å². The van der Waals surface area contributed by atoms with E-state index in [-0.39, 0.29) is 12.0 Å². The number of benzene rings is 1. The molecule has 5 nitrogen and oxygen atoms in total. The van der Waals surface area contributed by atoms with Crippen molar-refractivity contribution in [2.45, 2.75) is 18.4 Å². The predicted molar refractivity (Wildman–Crippen MR) is 54.8 cm³/mol. The van der Waals surface area contributed by atoms with Crippen LogP contribution in [0.4, 0.5) is 4.79 Å². The lowest BCUT2D eigenvalue weighted by Gasteiger charge is -2.09. The summed E-state index contributed by atoms with van der Waals surface area (Å²) < 4.78 is 0. The Morgan fingerprint density at radius 1 is 1.40 bits per heavy atom. The van der Waals surface area contributed by atoms with Gasteiger partial charge >= 0.3 is 6.03 Å². The maximum absolute atomic E-state index is 10.8. The molecule has 1 fully saturated rings. The Morgan fingerprint density at radius 3 is 2.60 bits per heavy atom. The minimum Gasteiger partial charge on any atom is -0.350 e. The molecule has 2 rings (SSSR count). The van der Waals surface area contributed by atoms with Crippen molar-refractivity contribution in [2.24, 2.45) is 11.0 Å². The zero-order valence-corrected chi connectivity index (χ0v) is 8.04. The summed E-state index contributed by atoms with van der Waals surface area (Å²) in [7, 11) is 0. The molecule has 0 spiro atoms. The third-order valence-electron chi connectivity index (χ3n) is 2.61. The van der Waals surface area contributed by atoms with Gasteiger partial charge in [-0.1, -0.05) is 30.3 Å². The van der Waals surface area contributed by atoms with Gasteiger partial charge in [-0.15, -0.1) is 4.91 Å². The van der Waals surface area contributed by atoms with Gasteiger partial charge in [0, 0.05) is 5.92 Å². The van der Waals surface area contributed by atoms with E-state index >= 15 is 0 Å². The van der Waals surface area contributed by atoms with Gasteiger partial charge < -0.3 is 5.73 Å². The Labute approximate surface area is 86.8 Å². The lowest BCUT2D eigenvalue weighted by Crippen LogP contribution is -2.33. The van der Waals surface area contributed by atoms with Crippen LogP contribution in [0.2, 0.25) is 0 Å². The fourth-order valence-corrected chi connectivity index (χ4v) is 1.77. The van der Waals surface area contributed by atoms with E-state index in [9.17, 15) is 9.70 Å². The van der Waals surface area contributed by atoms with Crippen LogP contribution in [0.3, 0.4) is 0 Å². The minimum atomic E-state index is -0.784. The Morgan fingerprint density at radius 2 is 2.07 bits per heavy atom. The van der Waals surface area contributed by atoms with Crippen LogP contribution in [0.15, 0.2) is 35.6 Å². The number of hydrogen-bond donors (Lipinski definition) is 1. The first-order chi connectivity index (χ1) is 7.24. The number of rotatable bonds is 3. The fraction of sp³-hybridized carbons (Fsp3) is 0.300. The van der Waals surface area contributed by atoms with Crippen molar-refractivity contribution in [1.29, 1.82) is 0 Å². The maximum atomic E-state index is 10.8. The number of primary amides is 1. The van der Waals surface area contributed by atoms with Gasteiger partial charge in [0.15, 0.2) is 0 Å². The predicted octanol–water partition coefficient (Wildman–Crippen LogP) is 1.60. The van der Waals surface area contributed by atoms with Crippen molar-refractivity contribution in [3.05, 3.63) is 40.8 Å². The standard InChI is InChI=1S/C10H11N3O2/c11-10(14)13(12-15)9-6-8(9)7-4-2-1-3-5-7/h1-5,8-9H,6H2,(H2,11,14)/t8-,9+/m1/s1. The smallest absolute Gasteiger partial charge is 0.338 e. The van der Waals surface area contributed by atoms with Crippen molar-refractivity contribution < 1.29 is 4.79 Å². The number of nitrogens with two attached hydrogens (primary N) is 1. The Kier molecular flexibility index (Phi) is 2.37. The molecule has 0 saturated heterocycles. The molecule has 78 valence electrons. The lowest BCUT2D eigenvalue weighted by atomic mass is 10.1. The third kappa shape index (κ3) is 1.81. The number of carbonyl (C=O) groups is 1. The molecule has 1 aliphatic carbocycles. The zero-order chi connectivity index (χ0) is 10.8. The summed E-state index contributed by atoms with van der Waals surface area (Å²) in [5, 5.41) is 3.45. The van der Waals surface area contributed by atoms with Gasteiger partial charge in [-0.25, -0.2) is 4.79 Å². The van der Waals surface area contributed by atoms with Crippen LogP contribution in [-0.2, 0) is 0 Å². The van der Waals surface area contributed by atoms with Crippen LogP contribution in [0.25, 0.3) is 0 Å². The van der Waals surface area contributed by atoms with Gasteiger partial charge in [0.2, 0.25) is 0 Å². The van der Waals surface area contributed by atoms with E-state index in [0.717, 1.165) is 17.0 Å². The summed E-state index contributed by atoms with van der Waals surface area (Å²) in [6.07, 6.45) is 0.749. The summed E-state index contributed by atoms with van der Waals surface area (Å²) in [5.74, 6) is 0.191.